The third-order valence-electron chi connectivity index (χ3n) is 5.53. The first-order valence-corrected chi connectivity index (χ1v) is 12.2. The minimum Gasteiger partial charge on any atom is -0.405 e. The number of fused-ring (bicyclic) bond motifs is 1. The highest BCUT2D eigenvalue weighted by molar-refractivity contribution is 7.91. The summed E-state index contributed by atoms with van der Waals surface area (Å²) in [6.45, 7) is 1.16. The molecule has 1 atom stereocenters. The molecule has 0 bridgehead atoms. The molecule has 4 rings (SSSR count). The van der Waals surface area contributed by atoms with Crippen molar-refractivity contribution in [3.63, 3.8) is 0 Å². The van der Waals surface area contributed by atoms with Gasteiger partial charge in [-0.05, 0) is 29.8 Å². The van der Waals surface area contributed by atoms with Gasteiger partial charge in [-0.2, -0.15) is 0 Å². The molecule has 0 fully saturated rings. The van der Waals surface area contributed by atoms with Gasteiger partial charge in [0.15, 0.2) is 9.84 Å². The number of aliphatic hydroxyl groups excluding tert-OH is 1. The van der Waals surface area contributed by atoms with Gasteiger partial charge in [0.2, 0.25) is 0 Å². The summed E-state index contributed by atoms with van der Waals surface area (Å²) in [5, 5.41) is 9.99. The molecular formula is C24H20F4N2O4S. The van der Waals surface area contributed by atoms with Crippen LogP contribution in [0, 0.1) is 5.82 Å². The largest absolute Gasteiger partial charge is 0.573 e. The smallest absolute Gasteiger partial charge is 0.405 e. The van der Waals surface area contributed by atoms with Gasteiger partial charge in [0.05, 0.1) is 34.2 Å². The highest BCUT2D eigenvalue weighted by Gasteiger charge is 2.32. The molecule has 0 aliphatic heterocycles. The minimum atomic E-state index is -4.95. The summed E-state index contributed by atoms with van der Waals surface area (Å²) in [6, 6.07) is 13.6. The fourth-order valence-electron chi connectivity index (χ4n) is 3.75. The van der Waals surface area contributed by atoms with Crippen molar-refractivity contribution in [3.05, 3.63) is 77.9 Å². The fourth-order valence-corrected chi connectivity index (χ4v) is 4.63. The predicted octanol–water partition coefficient (Wildman–Crippen LogP) is 5.19. The number of para-hydroxylation sites is 1. The fraction of sp³-hybridized carbons (Fsp3) is 0.208. The zero-order valence-electron chi connectivity index (χ0n) is 18.3. The van der Waals surface area contributed by atoms with Crippen LogP contribution in [0.25, 0.3) is 22.2 Å². The number of nitrogens with one attached hydrogen (secondary N) is 1. The molecule has 1 unspecified atom stereocenters. The SMILES string of the molecule is CCS(=O)(=O)c1ccc(C(CO)c2nc3cc(-c4ccccc4OC(F)(F)F)c(F)cc3[nH]2)cc1. The number of ether oxygens (including phenoxy) is 1. The Balaban J connectivity index is 1.73. The summed E-state index contributed by atoms with van der Waals surface area (Å²) in [5.41, 5.74) is 0.887. The Hall–Kier alpha value is -3.44. The summed E-state index contributed by atoms with van der Waals surface area (Å²) < 4.78 is 81.5. The first-order valence-electron chi connectivity index (χ1n) is 10.5. The summed E-state index contributed by atoms with van der Waals surface area (Å²) in [7, 11) is -3.39. The Morgan fingerprint density at radius 3 is 2.37 bits per heavy atom. The second-order valence-corrected chi connectivity index (χ2v) is 10.0. The third-order valence-corrected chi connectivity index (χ3v) is 7.28. The highest BCUT2D eigenvalue weighted by Crippen LogP contribution is 2.37. The molecule has 0 radical (unpaired) electrons. The van der Waals surface area contributed by atoms with Crippen LogP contribution < -0.4 is 4.74 Å². The standard InChI is InChI=1S/C24H20F4N2O4S/c1-2-35(32,33)15-9-7-14(8-10-15)18(13-31)23-29-20-11-17(19(25)12-21(20)30-23)16-5-3-4-6-22(16)34-24(26,27)28/h3-12,18,31H,2,13H2,1H3,(H,29,30). The number of sulfone groups is 1. The van der Waals surface area contributed by atoms with Crippen LogP contribution >= 0.6 is 0 Å². The van der Waals surface area contributed by atoms with E-state index in [-0.39, 0.29) is 45.2 Å². The summed E-state index contributed by atoms with van der Waals surface area (Å²) >= 11 is 0. The third kappa shape index (κ3) is 5.15. The predicted molar refractivity (Wildman–Crippen MR) is 121 cm³/mol. The van der Waals surface area contributed by atoms with Gasteiger partial charge >= 0.3 is 6.36 Å². The van der Waals surface area contributed by atoms with E-state index in [0.29, 0.717) is 5.56 Å². The molecule has 35 heavy (non-hydrogen) atoms. The van der Waals surface area contributed by atoms with Crippen LogP contribution in [0.1, 0.15) is 24.2 Å². The lowest BCUT2D eigenvalue weighted by molar-refractivity contribution is -0.274. The number of aromatic nitrogens is 2. The number of hydrogen-bond acceptors (Lipinski definition) is 5. The average molecular weight is 508 g/mol. The molecule has 11 heteroatoms. The minimum absolute atomic E-state index is 0.0512. The van der Waals surface area contributed by atoms with Crippen molar-refractivity contribution in [2.24, 2.45) is 0 Å². The van der Waals surface area contributed by atoms with Crippen LogP contribution in [0.15, 0.2) is 65.6 Å². The van der Waals surface area contributed by atoms with Crippen LogP contribution in [0.5, 0.6) is 5.75 Å². The number of imidazole rings is 1. The van der Waals surface area contributed by atoms with Crippen molar-refractivity contribution < 1.29 is 35.8 Å². The topological polar surface area (TPSA) is 92.3 Å². The average Bonchev–Trinajstić information content (AvgIpc) is 3.21. The molecular weight excluding hydrogens is 488 g/mol. The van der Waals surface area contributed by atoms with E-state index in [1.807, 2.05) is 0 Å². The zero-order valence-corrected chi connectivity index (χ0v) is 19.1. The quantitative estimate of drug-likeness (QED) is 0.336. The van der Waals surface area contributed by atoms with Crippen molar-refractivity contribution >= 4 is 20.9 Å². The van der Waals surface area contributed by atoms with Crippen molar-refractivity contribution in [3.8, 4) is 16.9 Å². The lowest BCUT2D eigenvalue weighted by Gasteiger charge is -2.13. The Morgan fingerprint density at radius 1 is 1.06 bits per heavy atom. The molecule has 184 valence electrons. The normalized spacial score (nSPS) is 13.2. The van der Waals surface area contributed by atoms with Gasteiger partial charge < -0.3 is 14.8 Å². The van der Waals surface area contributed by atoms with Gasteiger partial charge in [-0.25, -0.2) is 17.8 Å². The molecule has 0 saturated carbocycles. The van der Waals surface area contributed by atoms with Gasteiger partial charge in [-0.1, -0.05) is 37.3 Å². The van der Waals surface area contributed by atoms with Gasteiger partial charge in [0, 0.05) is 17.2 Å². The van der Waals surface area contributed by atoms with Crippen molar-refractivity contribution in [2.75, 3.05) is 12.4 Å². The van der Waals surface area contributed by atoms with Gasteiger partial charge in [-0.15, -0.1) is 13.2 Å². The number of aromatic amines is 1. The molecule has 0 saturated heterocycles. The van der Waals surface area contributed by atoms with Crippen LogP contribution in [-0.4, -0.2) is 42.2 Å². The first-order chi connectivity index (χ1) is 16.5. The Kier molecular flexibility index (Phi) is 6.56. The van der Waals surface area contributed by atoms with Gasteiger partial charge in [0.1, 0.15) is 17.4 Å². The summed E-state index contributed by atoms with van der Waals surface area (Å²) in [5.74, 6) is -1.78. The first kappa shape index (κ1) is 24.7. The zero-order chi connectivity index (χ0) is 25.4. The number of hydrogen-bond donors (Lipinski definition) is 2. The van der Waals surface area contributed by atoms with E-state index < -0.39 is 33.7 Å². The van der Waals surface area contributed by atoms with Crippen molar-refractivity contribution in [1.82, 2.24) is 9.97 Å². The number of rotatable bonds is 7. The Labute approximate surface area is 198 Å². The van der Waals surface area contributed by atoms with Gasteiger partial charge in [-0.3, -0.25) is 0 Å². The van der Waals surface area contributed by atoms with Gasteiger partial charge in [0.25, 0.3) is 0 Å². The number of alkyl halides is 3. The molecule has 3 aromatic carbocycles. The van der Waals surface area contributed by atoms with Crippen LogP contribution in [0.2, 0.25) is 0 Å². The second-order valence-electron chi connectivity index (χ2n) is 7.72. The number of benzene rings is 3. The molecule has 1 aromatic heterocycles. The number of nitrogens with zero attached hydrogens (tertiary/aromatic N) is 1. The number of H-pyrrole nitrogens is 1. The molecule has 0 aliphatic carbocycles. The Morgan fingerprint density at radius 2 is 1.74 bits per heavy atom. The molecule has 1 heterocycles. The molecule has 2 N–H and O–H groups in total. The maximum Gasteiger partial charge on any atom is 0.573 e. The van der Waals surface area contributed by atoms with E-state index in [4.69, 9.17) is 0 Å². The molecule has 0 amide bonds. The van der Waals surface area contributed by atoms with Crippen LogP contribution in [0.4, 0.5) is 17.6 Å². The van der Waals surface area contributed by atoms with Crippen LogP contribution in [0.3, 0.4) is 0 Å². The lowest BCUT2D eigenvalue weighted by atomic mass is 9.99. The molecule has 4 aromatic rings. The summed E-state index contributed by atoms with van der Waals surface area (Å²) in [6.07, 6.45) is -4.95. The number of halogens is 4. The maximum atomic E-state index is 14.9. The van der Waals surface area contributed by atoms with E-state index in [0.717, 1.165) is 12.1 Å². The van der Waals surface area contributed by atoms with Crippen molar-refractivity contribution in [2.45, 2.75) is 24.1 Å². The Bertz CT molecular complexity index is 1470. The highest BCUT2D eigenvalue weighted by atomic mass is 32.2. The van der Waals surface area contributed by atoms with E-state index in [1.165, 1.54) is 43.3 Å². The molecule has 0 aliphatic rings. The summed E-state index contributed by atoms with van der Waals surface area (Å²) in [4.78, 5) is 7.50. The monoisotopic (exact) mass is 508 g/mol. The second kappa shape index (κ2) is 9.31. The lowest BCUT2D eigenvalue weighted by Crippen LogP contribution is -2.17. The molecule has 0 spiro atoms. The maximum absolute atomic E-state index is 14.9. The van der Waals surface area contributed by atoms with E-state index in [2.05, 4.69) is 14.7 Å². The van der Waals surface area contributed by atoms with E-state index in [1.54, 1.807) is 12.1 Å². The molecule has 6 nitrogen and oxygen atoms in total. The van der Waals surface area contributed by atoms with Crippen molar-refractivity contribution in [1.29, 1.82) is 0 Å². The van der Waals surface area contributed by atoms with Crippen LogP contribution in [-0.2, 0) is 9.84 Å². The van der Waals surface area contributed by atoms with E-state index >= 15 is 0 Å². The van der Waals surface area contributed by atoms with E-state index in [9.17, 15) is 31.1 Å². The number of aliphatic hydroxyl groups is 1.